The maximum absolute atomic E-state index is 11.7. The summed E-state index contributed by atoms with van der Waals surface area (Å²) in [6.07, 6.45) is 2.40. The summed E-state index contributed by atoms with van der Waals surface area (Å²) in [5, 5.41) is 18.0. The van der Waals surface area contributed by atoms with Crippen LogP contribution in [0, 0.1) is 10.1 Å². The van der Waals surface area contributed by atoms with Crippen molar-refractivity contribution in [1.29, 1.82) is 0 Å². The zero-order chi connectivity index (χ0) is 19.5. The average Bonchev–Trinajstić information content (AvgIpc) is 3.12. The Kier molecular flexibility index (Phi) is 4.90. The molecule has 0 bridgehead atoms. The molecule has 2 aromatic carbocycles. The first-order chi connectivity index (χ1) is 13.6. The van der Waals surface area contributed by atoms with Crippen LogP contribution in [0.2, 0.25) is 0 Å². The van der Waals surface area contributed by atoms with Crippen molar-refractivity contribution in [1.82, 2.24) is 4.98 Å². The van der Waals surface area contributed by atoms with Crippen molar-refractivity contribution < 1.29 is 4.92 Å². The Bertz CT molecular complexity index is 1050. The molecule has 2 heterocycles. The van der Waals surface area contributed by atoms with E-state index < -0.39 is 0 Å². The summed E-state index contributed by atoms with van der Waals surface area (Å²) in [6.45, 7) is 1.41. The molecule has 28 heavy (non-hydrogen) atoms. The number of anilines is 3. The van der Waals surface area contributed by atoms with Crippen molar-refractivity contribution in [2.75, 3.05) is 22.6 Å². The molecule has 0 spiro atoms. The van der Waals surface area contributed by atoms with Gasteiger partial charge < -0.3 is 10.6 Å². The fourth-order valence-electron chi connectivity index (χ4n) is 3.24. The van der Waals surface area contributed by atoms with Gasteiger partial charge in [0.05, 0.1) is 11.1 Å². The average molecular weight is 394 g/mol. The number of thiazole rings is 1. The largest absolute Gasteiger partial charge is 0.383 e. The molecule has 1 aliphatic heterocycles. The molecule has 0 amide bonds. The smallest absolute Gasteiger partial charge is 0.293 e. The summed E-state index contributed by atoms with van der Waals surface area (Å²) in [5.41, 5.74) is 12.2. The second-order valence-corrected chi connectivity index (χ2v) is 7.25. The highest BCUT2D eigenvalue weighted by Crippen LogP contribution is 2.32. The van der Waals surface area contributed by atoms with Gasteiger partial charge in [-0.1, -0.05) is 30.3 Å². The van der Waals surface area contributed by atoms with E-state index in [1.165, 1.54) is 34.7 Å². The lowest BCUT2D eigenvalue weighted by molar-refractivity contribution is -0.384. The quantitative estimate of drug-likeness (QED) is 0.388. The van der Waals surface area contributed by atoms with Crippen molar-refractivity contribution in [2.24, 2.45) is 5.10 Å². The first-order valence-electron chi connectivity index (χ1n) is 8.70. The van der Waals surface area contributed by atoms with Crippen molar-refractivity contribution in [2.45, 2.75) is 13.0 Å². The minimum Gasteiger partial charge on any atom is -0.383 e. The van der Waals surface area contributed by atoms with E-state index in [-0.39, 0.29) is 10.6 Å². The lowest BCUT2D eigenvalue weighted by atomic mass is 9.99. The van der Waals surface area contributed by atoms with Gasteiger partial charge in [-0.15, -0.1) is 11.3 Å². The molecule has 0 aliphatic carbocycles. The topological polar surface area (TPSA) is 110 Å². The molecule has 0 radical (unpaired) electrons. The van der Waals surface area contributed by atoms with Crippen LogP contribution in [0.25, 0.3) is 0 Å². The number of rotatable bonds is 5. The second-order valence-electron chi connectivity index (χ2n) is 6.39. The van der Waals surface area contributed by atoms with Crippen LogP contribution in [0.1, 0.15) is 16.7 Å². The maximum Gasteiger partial charge on any atom is 0.293 e. The summed E-state index contributed by atoms with van der Waals surface area (Å²) in [6, 6.07) is 13.4. The van der Waals surface area contributed by atoms with Crippen LogP contribution in [0.4, 0.5) is 22.3 Å². The van der Waals surface area contributed by atoms with Gasteiger partial charge in [0.2, 0.25) is 5.13 Å². The van der Waals surface area contributed by atoms with Gasteiger partial charge in [-0.3, -0.25) is 15.5 Å². The number of fused-ring (bicyclic) bond motifs is 1. The standard InChI is InChI=1S/C19H18N6O2S/c20-18-12-28-19(22-18)23-21-10-13-5-6-16(17(9-13)25(26)27)24-8-7-14-3-1-2-4-15(14)11-24/h1-6,9-10,12H,7-8,11,20H2,(H,22,23). The number of nitrogens with one attached hydrogen (secondary N) is 1. The highest BCUT2D eigenvalue weighted by molar-refractivity contribution is 7.14. The normalized spacial score (nSPS) is 13.5. The number of aromatic nitrogens is 1. The van der Waals surface area contributed by atoms with Crippen LogP contribution in [-0.2, 0) is 13.0 Å². The molecule has 9 heteroatoms. The molecule has 3 N–H and O–H groups in total. The Morgan fingerprint density at radius 3 is 2.86 bits per heavy atom. The number of benzene rings is 2. The van der Waals surface area contributed by atoms with Crippen LogP contribution < -0.4 is 16.1 Å². The Morgan fingerprint density at radius 1 is 1.29 bits per heavy atom. The highest BCUT2D eigenvalue weighted by atomic mass is 32.1. The molecule has 1 aromatic heterocycles. The monoisotopic (exact) mass is 394 g/mol. The van der Waals surface area contributed by atoms with Gasteiger partial charge in [0, 0.05) is 30.1 Å². The molecule has 8 nitrogen and oxygen atoms in total. The number of hydrogen-bond acceptors (Lipinski definition) is 8. The van der Waals surface area contributed by atoms with Crippen LogP contribution in [0.3, 0.4) is 0 Å². The molecule has 0 fully saturated rings. The zero-order valence-electron chi connectivity index (χ0n) is 14.9. The SMILES string of the molecule is Nc1csc(NN=Cc2ccc(N3CCc4ccccc4C3)c([N+](=O)[O-])c2)n1. The highest BCUT2D eigenvalue weighted by Gasteiger charge is 2.23. The number of nitrogen functional groups attached to an aromatic ring is 1. The lowest BCUT2D eigenvalue weighted by Crippen LogP contribution is -2.30. The number of nitro benzene ring substituents is 1. The van der Waals surface area contributed by atoms with E-state index in [2.05, 4.69) is 32.5 Å². The Balaban J connectivity index is 1.55. The fraction of sp³-hybridized carbons (Fsp3) is 0.158. The first-order valence-corrected chi connectivity index (χ1v) is 9.58. The van der Waals surface area contributed by atoms with E-state index in [9.17, 15) is 10.1 Å². The molecule has 4 rings (SSSR count). The maximum atomic E-state index is 11.7. The van der Waals surface area contributed by atoms with E-state index in [0.717, 1.165) is 13.0 Å². The molecular weight excluding hydrogens is 376 g/mol. The lowest BCUT2D eigenvalue weighted by Gasteiger charge is -2.30. The molecular formula is C19H18N6O2S. The van der Waals surface area contributed by atoms with E-state index in [1.807, 2.05) is 18.2 Å². The molecule has 0 saturated carbocycles. The molecule has 0 atom stereocenters. The van der Waals surface area contributed by atoms with Crippen molar-refractivity contribution >= 4 is 39.9 Å². The molecule has 142 valence electrons. The van der Waals surface area contributed by atoms with E-state index >= 15 is 0 Å². The van der Waals surface area contributed by atoms with E-state index in [1.54, 1.807) is 11.4 Å². The molecule has 0 saturated heterocycles. The predicted molar refractivity (Wildman–Crippen MR) is 112 cm³/mol. The predicted octanol–water partition coefficient (Wildman–Crippen LogP) is 3.64. The Morgan fingerprint density at radius 2 is 2.11 bits per heavy atom. The van der Waals surface area contributed by atoms with E-state index in [0.29, 0.717) is 28.7 Å². The van der Waals surface area contributed by atoms with Gasteiger partial charge in [0.25, 0.3) is 5.69 Å². The first kappa shape index (κ1) is 17.9. The minimum absolute atomic E-state index is 0.0711. The summed E-state index contributed by atoms with van der Waals surface area (Å²) in [7, 11) is 0. The molecule has 0 unspecified atom stereocenters. The minimum atomic E-state index is -0.345. The third-order valence-corrected chi connectivity index (χ3v) is 5.33. The Hall–Kier alpha value is -3.46. The van der Waals surface area contributed by atoms with Gasteiger partial charge in [-0.05, 0) is 23.6 Å². The van der Waals surface area contributed by atoms with Gasteiger partial charge in [-0.25, -0.2) is 4.98 Å². The van der Waals surface area contributed by atoms with Crippen molar-refractivity contribution in [3.8, 4) is 0 Å². The summed E-state index contributed by atoms with van der Waals surface area (Å²) >= 11 is 1.33. The fourth-order valence-corrected chi connectivity index (χ4v) is 3.78. The van der Waals surface area contributed by atoms with Crippen LogP contribution in [0.15, 0.2) is 52.9 Å². The third kappa shape index (κ3) is 3.79. The van der Waals surface area contributed by atoms with Crippen molar-refractivity contribution in [3.05, 3.63) is 74.6 Å². The molecule has 3 aromatic rings. The van der Waals surface area contributed by atoms with Crippen LogP contribution >= 0.6 is 11.3 Å². The Labute approximate surface area is 165 Å². The van der Waals surface area contributed by atoms with Gasteiger partial charge in [-0.2, -0.15) is 5.10 Å². The summed E-state index contributed by atoms with van der Waals surface area (Å²) in [4.78, 5) is 17.4. The second kappa shape index (κ2) is 7.65. The number of nitro groups is 1. The number of hydrazone groups is 1. The van der Waals surface area contributed by atoms with Crippen LogP contribution in [0.5, 0.6) is 0 Å². The van der Waals surface area contributed by atoms with Gasteiger partial charge in [0.15, 0.2) is 0 Å². The number of nitrogens with two attached hydrogens (primary N) is 1. The van der Waals surface area contributed by atoms with E-state index in [4.69, 9.17) is 5.73 Å². The molecule has 1 aliphatic rings. The van der Waals surface area contributed by atoms with Gasteiger partial charge in [0.1, 0.15) is 11.5 Å². The summed E-state index contributed by atoms with van der Waals surface area (Å²) in [5.74, 6) is 0.422. The zero-order valence-corrected chi connectivity index (χ0v) is 15.7. The summed E-state index contributed by atoms with van der Waals surface area (Å²) < 4.78 is 0. The van der Waals surface area contributed by atoms with Gasteiger partial charge >= 0.3 is 0 Å². The van der Waals surface area contributed by atoms with Crippen LogP contribution in [-0.4, -0.2) is 22.7 Å². The number of hydrogen-bond donors (Lipinski definition) is 2. The third-order valence-electron chi connectivity index (χ3n) is 4.56. The number of nitrogens with zero attached hydrogens (tertiary/aromatic N) is 4. The van der Waals surface area contributed by atoms with Crippen molar-refractivity contribution in [3.63, 3.8) is 0 Å².